The lowest BCUT2D eigenvalue weighted by molar-refractivity contribution is 0.670. The number of benzene rings is 12. The first kappa shape index (κ1) is 43.6. The highest BCUT2D eigenvalue weighted by molar-refractivity contribution is 6.10. The summed E-state index contributed by atoms with van der Waals surface area (Å²) in [5.41, 5.74) is 22.5. The van der Waals surface area contributed by atoms with E-state index in [1.54, 1.807) is 0 Å². The molecule has 0 aliphatic heterocycles. The second kappa shape index (κ2) is 17.6. The predicted molar refractivity (Wildman–Crippen MR) is 316 cm³/mol. The first-order chi connectivity index (χ1) is 37.7. The van der Waals surface area contributed by atoms with Gasteiger partial charge in [0.05, 0.1) is 16.4 Å². The number of fused-ring (bicyclic) bond motifs is 9. The van der Waals surface area contributed by atoms with E-state index >= 15 is 0 Å². The van der Waals surface area contributed by atoms with E-state index < -0.39 is 5.41 Å². The van der Waals surface area contributed by atoms with E-state index in [0.717, 1.165) is 78.1 Å². The van der Waals surface area contributed by atoms with Crippen LogP contribution in [-0.2, 0) is 5.41 Å². The molecule has 0 atom stereocenters. The van der Waals surface area contributed by atoms with Crippen LogP contribution in [0.1, 0.15) is 22.3 Å². The van der Waals surface area contributed by atoms with E-state index in [2.05, 4.69) is 289 Å². The molecule has 0 radical (unpaired) electrons. The van der Waals surface area contributed by atoms with Crippen LogP contribution in [-0.4, -0.2) is 4.57 Å². The number of aromatic nitrogens is 1. The molecule has 12 aromatic carbocycles. The first-order valence-electron chi connectivity index (χ1n) is 26.1. The minimum atomic E-state index is -0.487. The zero-order chi connectivity index (χ0) is 50.2. The molecule has 3 nitrogen and oxygen atoms in total. The SMILES string of the molecule is c1ccc(C2(c3ccc(N(c4ccc(-c5cccc(-c6cccc7c6oc6ccccc67)c5)cc4)c4ccc(-c5cccc(-n6c7ccccc7c7ccccc76)c5)cc4)cc3)c3ccccc3-c3ccccc32)cc1. The summed E-state index contributed by atoms with van der Waals surface area (Å²) >= 11 is 0. The Labute approximate surface area is 441 Å². The Morgan fingerprint density at radius 1 is 0.303 bits per heavy atom. The Bertz CT molecular complexity index is 4410. The van der Waals surface area contributed by atoms with Crippen molar-refractivity contribution in [2.24, 2.45) is 0 Å². The molecule has 76 heavy (non-hydrogen) atoms. The molecule has 14 aromatic rings. The van der Waals surface area contributed by atoms with E-state index in [1.807, 2.05) is 12.1 Å². The Morgan fingerprint density at radius 3 is 1.41 bits per heavy atom. The van der Waals surface area contributed by atoms with Gasteiger partial charge in [-0.15, -0.1) is 0 Å². The van der Waals surface area contributed by atoms with Crippen molar-refractivity contribution >= 4 is 60.8 Å². The molecule has 2 aromatic heterocycles. The van der Waals surface area contributed by atoms with Crippen LogP contribution in [0.15, 0.2) is 296 Å². The van der Waals surface area contributed by atoms with Gasteiger partial charge in [-0.1, -0.05) is 218 Å². The maximum absolute atomic E-state index is 6.48. The number of nitrogens with zero attached hydrogens (tertiary/aromatic N) is 2. The number of para-hydroxylation sites is 4. The number of hydrogen-bond acceptors (Lipinski definition) is 2. The summed E-state index contributed by atoms with van der Waals surface area (Å²) in [4.78, 5) is 2.39. The minimum absolute atomic E-state index is 0.487. The van der Waals surface area contributed by atoms with Crippen molar-refractivity contribution in [1.29, 1.82) is 0 Å². The molecule has 356 valence electrons. The van der Waals surface area contributed by atoms with Crippen molar-refractivity contribution in [3.05, 3.63) is 313 Å². The molecule has 0 N–H and O–H groups in total. The maximum atomic E-state index is 6.48. The fourth-order valence-electron chi connectivity index (χ4n) is 12.5. The Kier molecular flexibility index (Phi) is 10.1. The van der Waals surface area contributed by atoms with Gasteiger partial charge in [0.2, 0.25) is 0 Å². The molecule has 2 heterocycles. The van der Waals surface area contributed by atoms with Crippen LogP contribution in [0.25, 0.3) is 93.9 Å². The van der Waals surface area contributed by atoms with Crippen molar-refractivity contribution < 1.29 is 4.42 Å². The van der Waals surface area contributed by atoms with Crippen LogP contribution in [0.3, 0.4) is 0 Å². The first-order valence-corrected chi connectivity index (χ1v) is 26.1. The van der Waals surface area contributed by atoms with Gasteiger partial charge >= 0.3 is 0 Å². The topological polar surface area (TPSA) is 21.3 Å². The third-order valence-corrected chi connectivity index (χ3v) is 15.9. The molecule has 1 aliphatic rings. The van der Waals surface area contributed by atoms with Gasteiger partial charge in [0.25, 0.3) is 0 Å². The molecule has 3 heteroatoms. The van der Waals surface area contributed by atoms with E-state index in [1.165, 1.54) is 55.2 Å². The fraction of sp³-hybridized carbons (Fsp3) is 0.0137. The molecular formula is C73H48N2O. The van der Waals surface area contributed by atoms with Crippen LogP contribution >= 0.6 is 0 Å². The minimum Gasteiger partial charge on any atom is -0.455 e. The monoisotopic (exact) mass is 968 g/mol. The molecule has 0 amide bonds. The smallest absolute Gasteiger partial charge is 0.143 e. The molecule has 0 unspecified atom stereocenters. The van der Waals surface area contributed by atoms with Crippen molar-refractivity contribution in [3.8, 4) is 50.2 Å². The molecule has 1 aliphatic carbocycles. The lowest BCUT2D eigenvalue weighted by Crippen LogP contribution is -2.28. The fourth-order valence-corrected chi connectivity index (χ4v) is 12.5. The van der Waals surface area contributed by atoms with Gasteiger partial charge in [-0.2, -0.15) is 0 Å². The summed E-state index contributed by atoms with van der Waals surface area (Å²) in [7, 11) is 0. The molecule has 0 fully saturated rings. The van der Waals surface area contributed by atoms with Crippen molar-refractivity contribution in [3.63, 3.8) is 0 Å². The molecule has 0 spiro atoms. The number of anilines is 3. The summed E-state index contributed by atoms with van der Waals surface area (Å²) in [5.74, 6) is 0. The number of rotatable bonds is 9. The van der Waals surface area contributed by atoms with Gasteiger partial charge in [0, 0.05) is 49.9 Å². The van der Waals surface area contributed by atoms with Crippen molar-refractivity contribution in [2.75, 3.05) is 4.90 Å². The molecule has 0 bridgehead atoms. The summed E-state index contributed by atoms with van der Waals surface area (Å²) in [5, 5.41) is 4.78. The van der Waals surface area contributed by atoms with Gasteiger partial charge in [0.1, 0.15) is 11.2 Å². The lowest BCUT2D eigenvalue weighted by Gasteiger charge is -2.34. The third-order valence-electron chi connectivity index (χ3n) is 15.9. The van der Waals surface area contributed by atoms with Crippen LogP contribution in [0.2, 0.25) is 0 Å². The van der Waals surface area contributed by atoms with Crippen LogP contribution in [0.4, 0.5) is 17.1 Å². The summed E-state index contributed by atoms with van der Waals surface area (Å²) in [6, 6.07) is 106. The zero-order valence-corrected chi connectivity index (χ0v) is 41.5. The van der Waals surface area contributed by atoms with Crippen molar-refractivity contribution in [2.45, 2.75) is 5.41 Å². The average molecular weight is 969 g/mol. The Hall–Kier alpha value is -9.96. The lowest BCUT2D eigenvalue weighted by atomic mass is 9.68. The van der Waals surface area contributed by atoms with Crippen LogP contribution < -0.4 is 4.90 Å². The zero-order valence-electron chi connectivity index (χ0n) is 41.5. The molecule has 15 rings (SSSR count). The normalized spacial score (nSPS) is 12.6. The maximum Gasteiger partial charge on any atom is 0.143 e. The number of hydrogen-bond donors (Lipinski definition) is 0. The molecular weight excluding hydrogens is 921 g/mol. The van der Waals surface area contributed by atoms with E-state index in [0.29, 0.717) is 0 Å². The second-order valence-corrected chi connectivity index (χ2v) is 20.0. The number of furan rings is 1. The average Bonchev–Trinajstić information content (AvgIpc) is 4.16. The second-order valence-electron chi connectivity index (χ2n) is 20.0. The standard InChI is InChI=1S/C73H48N2O/c1-2-20-54(21-3-1)73(67-30-9-4-23-61(67)62-24-5-10-31-68(62)73)55-39-45-58(46-40-55)74(56-41-35-49(36-42-56)51-17-14-19-53(47-51)60-28-16-29-66-65-27-8-13-34-71(65)76-72(60)66)57-43-37-50(38-44-57)52-18-15-22-59(48-52)75-69-32-11-6-25-63(69)64-26-7-12-33-70(64)75/h1-48H. The highest BCUT2D eigenvalue weighted by Gasteiger charge is 2.45. The van der Waals surface area contributed by atoms with E-state index in [-0.39, 0.29) is 0 Å². The van der Waals surface area contributed by atoms with Gasteiger partial charge in [-0.05, 0) is 134 Å². The van der Waals surface area contributed by atoms with Crippen LogP contribution in [0.5, 0.6) is 0 Å². The van der Waals surface area contributed by atoms with Gasteiger partial charge < -0.3 is 13.9 Å². The van der Waals surface area contributed by atoms with Gasteiger partial charge in [0.15, 0.2) is 0 Å². The highest BCUT2D eigenvalue weighted by Crippen LogP contribution is 2.56. The van der Waals surface area contributed by atoms with Crippen LogP contribution in [0, 0.1) is 0 Å². The molecule has 0 saturated heterocycles. The summed E-state index contributed by atoms with van der Waals surface area (Å²) in [6.45, 7) is 0. The Balaban J connectivity index is 0.831. The van der Waals surface area contributed by atoms with Crippen molar-refractivity contribution in [1.82, 2.24) is 4.57 Å². The van der Waals surface area contributed by atoms with Gasteiger partial charge in [-0.3, -0.25) is 0 Å². The summed E-state index contributed by atoms with van der Waals surface area (Å²) < 4.78 is 8.87. The predicted octanol–water partition coefficient (Wildman–Crippen LogP) is 19.5. The van der Waals surface area contributed by atoms with E-state index in [9.17, 15) is 0 Å². The largest absolute Gasteiger partial charge is 0.455 e. The molecule has 0 saturated carbocycles. The van der Waals surface area contributed by atoms with E-state index in [4.69, 9.17) is 4.42 Å². The quantitative estimate of drug-likeness (QED) is 0.144. The van der Waals surface area contributed by atoms with Gasteiger partial charge in [-0.25, -0.2) is 0 Å². The summed E-state index contributed by atoms with van der Waals surface area (Å²) in [6.07, 6.45) is 0. The highest BCUT2D eigenvalue weighted by atomic mass is 16.3. The Morgan fingerprint density at radius 2 is 0.763 bits per heavy atom. The third kappa shape index (κ3) is 6.83.